The zero-order valence-corrected chi connectivity index (χ0v) is 16.5. The van der Waals surface area contributed by atoms with Crippen LogP contribution in [0.5, 0.6) is 5.75 Å². The van der Waals surface area contributed by atoms with E-state index in [1.165, 1.54) is 11.9 Å². The van der Waals surface area contributed by atoms with Gasteiger partial charge in [0.15, 0.2) is 0 Å². The van der Waals surface area contributed by atoms with Gasteiger partial charge in [0.1, 0.15) is 23.7 Å². The number of hydrogen-bond acceptors (Lipinski definition) is 5. The molecule has 0 bridgehead atoms. The molecule has 0 fully saturated rings. The molecule has 1 aromatic heterocycles. The molecule has 2 aromatic carbocycles. The lowest BCUT2D eigenvalue weighted by Gasteiger charge is -2.18. The van der Waals surface area contributed by atoms with E-state index < -0.39 is 0 Å². The van der Waals surface area contributed by atoms with Crippen molar-refractivity contribution in [2.75, 3.05) is 17.3 Å². The predicted octanol–water partition coefficient (Wildman–Crippen LogP) is 4.72. The first-order valence-electron chi connectivity index (χ1n) is 8.82. The van der Waals surface area contributed by atoms with Crippen LogP contribution in [0, 0.1) is 13.8 Å². The van der Waals surface area contributed by atoms with Gasteiger partial charge in [-0.05, 0) is 55.3 Å². The molecule has 0 radical (unpaired) electrons. The van der Waals surface area contributed by atoms with Crippen molar-refractivity contribution in [3.05, 3.63) is 64.4 Å². The number of fused-ring (bicyclic) bond motifs is 1. The van der Waals surface area contributed by atoms with Crippen molar-refractivity contribution in [3.63, 3.8) is 0 Å². The Morgan fingerprint density at radius 2 is 1.93 bits per heavy atom. The number of aromatic nitrogens is 2. The van der Waals surface area contributed by atoms with Crippen molar-refractivity contribution in [3.8, 4) is 5.75 Å². The predicted molar refractivity (Wildman–Crippen MR) is 110 cm³/mol. The second-order valence-electron chi connectivity index (χ2n) is 6.67. The van der Waals surface area contributed by atoms with Gasteiger partial charge in [0.05, 0.1) is 24.2 Å². The fourth-order valence-corrected chi connectivity index (χ4v) is 3.48. The topological polar surface area (TPSA) is 67.3 Å². The van der Waals surface area contributed by atoms with Crippen LogP contribution in [0.1, 0.15) is 16.7 Å². The van der Waals surface area contributed by atoms with Gasteiger partial charge in [-0.2, -0.15) is 0 Å². The Balaban J connectivity index is 1.70. The molecule has 0 saturated carbocycles. The van der Waals surface area contributed by atoms with E-state index in [1.54, 1.807) is 24.1 Å². The van der Waals surface area contributed by atoms with E-state index in [0.717, 1.165) is 22.5 Å². The summed E-state index contributed by atoms with van der Waals surface area (Å²) < 4.78 is 5.18. The highest BCUT2D eigenvalue weighted by molar-refractivity contribution is 6.32. The number of halogens is 1. The van der Waals surface area contributed by atoms with E-state index in [4.69, 9.17) is 16.3 Å². The Bertz CT molecular complexity index is 1080. The number of nitrogens with one attached hydrogen (secondary N) is 1. The van der Waals surface area contributed by atoms with Crippen LogP contribution in [0.25, 0.3) is 0 Å². The fourth-order valence-electron chi connectivity index (χ4n) is 3.23. The highest BCUT2D eigenvalue weighted by atomic mass is 35.5. The molecule has 2 heterocycles. The highest BCUT2D eigenvalue weighted by Gasteiger charge is 2.33. The monoisotopic (exact) mass is 394 g/mol. The number of amides is 1. The van der Waals surface area contributed by atoms with E-state index in [2.05, 4.69) is 15.3 Å². The Kier molecular flexibility index (Phi) is 4.65. The second kappa shape index (κ2) is 7.13. The van der Waals surface area contributed by atoms with E-state index in [9.17, 15) is 4.79 Å². The van der Waals surface area contributed by atoms with Crippen LogP contribution in [0.4, 0.5) is 23.0 Å². The molecule has 6 nitrogen and oxygen atoms in total. The molecule has 1 aliphatic heterocycles. The third-order valence-electron chi connectivity index (χ3n) is 4.88. The van der Waals surface area contributed by atoms with Crippen molar-refractivity contribution >= 4 is 40.5 Å². The molecule has 4 rings (SSSR count). The van der Waals surface area contributed by atoms with Gasteiger partial charge < -0.3 is 10.1 Å². The van der Waals surface area contributed by atoms with Gasteiger partial charge in [-0.3, -0.25) is 9.69 Å². The van der Waals surface area contributed by atoms with Crippen molar-refractivity contribution in [1.29, 1.82) is 0 Å². The Hall–Kier alpha value is -3.12. The molecule has 7 heteroatoms. The minimum Gasteiger partial charge on any atom is -0.495 e. The van der Waals surface area contributed by atoms with E-state index in [0.29, 0.717) is 22.4 Å². The Morgan fingerprint density at radius 1 is 1.11 bits per heavy atom. The van der Waals surface area contributed by atoms with Crippen LogP contribution in [0.3, 0.4) is 0 Å². The lowest BCUT2D eigenvalue weighted by Crippen LogP contribution is -2.21. The van der Waals surface area contributed by atoms with E-state index >= 15 is 0 Å². The minimum atomic E-state index is -0.0328. The molecule has 0 atom stereocenters. The van der Waals surface area contributed by atoms with Crippen molar-refractivity contribution in [2.45, 2.75) is 20.3 Å². The van der Waals surface area contributed by atoms with Crippen LogP contribution in [-0.4, -0.2) is 23.0 Å². The molecular formula is C21H19ClN4O2. The van der Waals surface area contributed by atoms with Gasteiger partial charge in [-0.1, -0.05) is 17.7 Å². The third-order valence-corrected chi connectivity index (χ3v) is 5.17. The number of benzene rings is 2. The summed E-state index contributed by atoms with van der Waals surface area (Å²) in [4.78, 5) is 23.1. The summed E-state index contributed by atoms with van der Waals surface area (Å²) in [5.74, 6) is 1.75. The third kappa shape index (κ3) is 3.16. The summed E-state index contributed by atoms with van der Waals surface area (Å²) in [5.41, 5.74) is 4.63. The van der Waals surface area contributed by atoms with Crippen LogP contribution >= 0.6 is 11.6 Å². The summed E-state index contributed by atoms with van der Waals surface area (Å²) in [7, 11) is 1.57. The normalized spacial score (nSPS) is 12.9. The summed E-state index contributed by atoms with van der Waals surface area (Å²) in [5, 5.41) is 3.73. The number of hydrogen-bond donors (Lipinski definition) is 1. The molecule has 1 aliphatic rings. The molecule has 0 saturated heterocycles. The molecule has 1 amide bonds. The molecule has 3 aromatic rings. The SMILES string of the molecule is COc1ccc(Nc2ncnc3c2CC(=O)N3c2ccc(C)c(C)c2)cc1Cl. The van der Waals surface area contributed by atoms with Gasteiger partial charge >= 0.3 is 0 Å². The van der Waals surface area contributed by atoms with Crippen molar-refractivity contribution in [1.82, 2.24) is 9.97 Å². The zero-order chi connectivity index (χ0) is 19.8. The summed E-state index contributed by atoms with van der Waals surface area (Å²) >= 11 is 6.21. The highest BCUT2D eigenvalue weighted by Crippen LogP contribution is 2.38. The average Bonchev–Trinajstić information content (AvgIpc) is 3.01. The molecule has 28 heavy (non-hydrogen) atoms. The number of carbonyl (C=O) groups is 1. The number of ether oxygens (including phenoxy) is 1. The van der Waals surface area contributed by atoms with Gasteiger partial charge in [-0.25, -0.2) is 9.97 Å². The second-order valence-corrected chi connectivity index (χ2v) is 7.08. The molecule has 142 valence electrons. The van der Waals surface area contributed by atoms with Crippen LogP contribution < -0.4 is 15.0 Å². The van der Waals surface area contributed by atoms with Crippen molar-refractivity contribution in [2.24, 2.45) is 0 Å². The molecule has 0 spiro atoms. The molecule has 0 aliphatic carbocycles. The van der Waals surface area contributed by atoms with E-state index in [1.807, 2.05) is 38.1 Å². The standard InChI is InChI=1S/C21H19ClN4O2/c1-12-4-6-15(8-13(12)2)26-19(27)10-16-20(23-11-24-21(16)26)25-14-5-7-18(28-3)17(22)9-14/h4-9,11H,10H2,1-3H3,(H,23,24,25). The number of rotatable bonds is 4. The first-order chi connectivity index (χ1) is 13.5. The summed E-state index contributed by atoms with van der Waals surface area (Å²) in [6, 6.07) is 11.3. The Morgan fingerprint density at radius 3 is 2.64 bits per heavy atom. The molecule has 0 unspecified atom stereocenters. The number of methoxy groups -OCH3 is 1. The van der Waals surface area contributed by atoms with Crippen molar-refractivity contribution < 1.29 is 9.53 Å². The van der Waals surface area contributed by atoms with Gasteiger partial charge in [0.2, 0.25) is 5.91 Å². The smallest absolute Gasteiger partial charge is 0.237 e. The van der Waals surface area contributed by atoms with Crippen LogP contribution in [0.2, 0.25) is 5.02 Å². The maximum atomic E-state index is 12.8. The van der Waals surface area contributed by atoms with Crippen LogP contribution in [-0.2, 0) is 11.2 Å². The maximum absolute atomic E-state index is 12.8. The number of carbonyl (C=O) groups excluding carboxylic acids is 1. The number of nitrogens with zero attached hydrogens (tertiary/aromatic N) is 3. The number of anilines is 4. The quantitative estimate of drug-likeness (QED) is 0.693. The van der Waals surface area contributed by atoms with E-state index in [-0.39, 0.29) is 12.3 Å². The summed E-state index contributed by atoms with van der Waals surface area (Å²) in [6.07, 6.45) is 1.69. The van der Waals surface area contributed by atoms with Crippen LogP contribution in [0.15, 0.2) is 42.7 Å². The fraction of sp³-hybridized carbons (Fsp3) is 0.190. The molecule has 1 N–H and O–H groups in total. The summed E-state index contributed by atoms with van der Waals surface area (Å²) in [6.45, 7) is 4.07. The first kappa shape index (κ1) is 18.3. The lowest BCUT2D eigenvalue weighted by molar-refractivity contribution is -0.116. The Labute approximate surface area is 168 Å². The minimum absolute atomic E-state index is 0.0328. The number of aryl methyl sites for hydroxylation is 2. The van der Waals surface area contributed by atoms with Gasteiger partial charge in [0, 0.05) is 11.3 Å². The maximum Gasteiger partial charge on any atom is 0.237 e. The lowest BCUT2D eigenvalue weighted by atomic mass is 10.1. The average molecular weight is 395 g/mol. The zero-order valence-electron chi connectivity index (χ0n) is 15.8. The molecular weight excluding hydrogens is 376 g/mol. The van der Waals surface area contributed by atoms with Gasteiger partial charge in [-0.15, -0.1) is 0 Å². The first-order valence-corrected chi connectivity index (χ1v) is 9.20. The van der Waals surface area contributed by atoms with Gasteiger partial charge in [0.25, 0.3) is 0 Å². The largest absolute Gasteiger partial charge is 0.495 e.